The number of carbonyl (C=O) groups excluding carboxylic acids is 2. The molecule has 0 radical (unpaired) electrons. The van der Waals surface area contributed by atoms with Crippen LogP contribution in [-0.2, 0) is 9.47 Å². The van der Waals surface area contributed by atoms with Crippen molar-refractivity contribution in [2.75, 3.05) is 19.8 Å². The Labute approximate surface area is 267 Å². The van der Waals surface area contributed by atoms with Crippen LogP contribution in [0.4, 0.5) is 0 Å². The molecule has 2 aromatic carbocycles. The average Bonchev–Trinajstić information content (AvgIpc) is 3.04. The monoisotopic (exact) mass is 610 g/mol. The highest BCUT2D eigenvalue weighted by Crippen LogP contribution is 2.18. The first kappa shape index (κ1) is 37.3. The zero-order valence-corrected chi connectivity index (χ0v) is 27.8. The summed E-state index contributed by atoms with van der Waals surface area (Å²) in [7, 11) is 0. The van der Waals surface area contributed by atoms with Crippen LogP contribution in [0.15, 0.2) is 48.5 Å². The molecule has 2 rings (SSSR count). The maximum Gasteiger partial charge on any atom is 0.343 e. The topological polar surface area (TPSA) is 71.1 Å². The van der Waals surface area contributed by atoms with Crippen LogP contribution in [0.5, 0.6) is 11.5 Å². The normalized spacial score (nSPS) is 11.7. The molecule has 1 unspecified atom stereocenters. The van der Waals surface area contributed by atoms with Crippen LogP contribution in [0.25, 0.3) is 0 Å². The summed E-state index contributed by atoms with van der Waals surface area (Å²) in [5.74, 6) is 0.298. The van der Waals surface area contributed by atoms with Crippen LogP contribution in [0.2, 0.25) is 0 Å². The van der Waals surface area contributed by atoms with Crippen molar-refractivity contribution >= 4 is 11.9 Å². The fraction of sp³-hybridized carbons (Fsp3) is 0.632. The molecular formula is C38H58O6. The second-order valence-electron chi connectivity index (χ2n) is 11.8. The largest absolute Gasteiger partial charge is 0.494 e. The Balaban J connectivity index is 1.57. The first-order valence-electron chi connectivity index (χ1n) is 17.4. The van der Waals surface area contributed by atoms with Gasteiger partial charge in [0, 0.05) is 6.61 Å². The Kier molecular flexibility index (Phi) is 20.8. The number of ether oxygens (including phenoxy) is 4. The number of benzene rings is 2. The predicted octanol–water partition coefficient (Wildman–Crippen LogP) is 10.5. The smallest absolute Gasteiger partial charge is 0.343 e. The zero-order valence-electron chi connectivity index (χ0n) is 27.8. The molecule has 2 aromatic rings. The first-order valence-corrected chi connectivity index (χ1v) is 17.4. The lowest BCUT2D eigenvalue weighted by Gasteiger charge is -2.12. The second kappa shape index (κ2) is 24.5. The molecule has 0 aliphatic carbocycles. The number of hydrogen-bond acceptors (Lipinski definition) is 6. The fourth-order valence-corrected chi connectivity index (χ4v) is 4.97. The Morgan fingerprint density at radius 1 is 0.545 bits per heavy atom. The van der Waals surface area contributed by atoms with E-state index < -0.39 is 5.97 Å². The Morgan fingerprint density at radius 3 is 1.66 bits per heavy atom. The molecule has 0 bridgehead atoms. The van der Waals surface area contributed by atoms with Gasteiger partial charge in [-0.05, 0) is 87.6 Å². The van der Waals surface area contributed by atoms with Crippen LogP contribution < -0.4 is 9.47 Å². The number of hydrogen-bond donors (Lipinski definition) is 0. The highest BCUT2D eigenvalue weighted by molar-refractivity contribution is 5.92. The van der Waals surface area contributed by atoms with Gasteiger partial charge in [0.1, 0.15) is 11.5 Å². The molecule has 6 heteroatoms. The van der Waals surface area contributed by atoms with E-state index in [1.807, 2.05) is 0 Å². The van der Waals surface area contributed by atoms with Crippen molar-refractivity contribution in [3.05, 3.63) is 59.7 Å². The summed E-state index contributed by atoms with van der Waals surface area (Å²) in [5.41, 5.74) is 0.875. The molecule has 0 aliphatic rings. The second-order valence-corrected chi connectivity index (χ2v) is 11.8. The Hall–Kier alpha value is -2.86. The molecular weight excluding hydrogens is 552 g/mol. The van der Waals surface area contributed by atoms with Crippen molar-refractivity contribution in [3.8, 4) is 11.5 Å². The number of esters is 2. The highest BCUT2D eigenvalue weighted by Gasteiger charge is 2.11. The lowest BCUT2D eigenvalue weighted by Crippen LogP contribution is -2.10. The molecule has 0 N–H and O–H groups in total. The van der Waals surface area contributed by atoms with E-state index in [1.54, 1.807) is 48.5 Å². The summed E-state index contributed by atoms with van der Waals surface area (Å²) in [6.45, 7) is 8.49. The maximum absolute atomic E-state index is 12.6. The van der Waals surface area contributed by atoms with Gasteiger partial charge in [0.2, 0.25) is 0 Å². The van der Waals surface area contributed by atoms with Crippen molar-refractivity contribution in [2.24, 2.45) is 0 Å². The van der Waals surface area contributed by atoms with Gasteiger partial charge < -0.3 is 18.9 Å². The fourth-order valence-electron chi connectivity index (χ4n) is 4.97. The van der Waals surface area contributed by atoms with E-state index in [0.717, 1.165) is 50.9 Å². The third kappa shape index (κ3) is 17.4. The van der Waals surface area contributed by atoms with Crippen molar-refractivity contribution in [3.63, 3.8) is 0 Å². The van der Waals surface area contributed by atoms with Crippen molar-refractivity contribution < 1.29 is 28.5 Å². The third-order valence-electron chi connectivity index (χ3n) is 7.80. The average molecular weight is 611 g/mol. The van der Waals surface area contributed by atoms with Gasteiger partial charge in [-0.15, -0.1) is 0 Å². The highest BCUT2D eigenvalue weighted by atomic mass is 16.5. The van der Waals surface area contributed by atoms with E-state index in [1.165, 1.54) is 70.6 Å². The molecule has 0 aromatic heterocycles. The minimum absolute atomic E-state index is 0.277. The summed E-state index contributed by atoms with van der Waals surface area (Å²) in [5, 5.41) is 0. The summed E-state index contributed by atoms with van der Waals surface area (Å²) in [6, 6.07) is 13.5. The quantitative estimate of drug-likeness (QED) is 0.0599. The van der Waals surface area contributed by atoms with Crippen LogP contribution in [0.3, 0.4) is 0 Å². The molecule has 6 nitrogen and oxygen atoms in total. The van der Waals surface area contributed by atoms with E-state index in [2.05, 4.69) is 20.8 Å². The number of rotatable bonds is 26. The van der Waals surface area contributed by atoms with Gasteiger partial charge >= 0.3 is 11.9 Å². The van der Waals surface area contributed by atoms with Crippen molar-refractivity contribution in [1.29, 1.82) is 0 Å². The van der Waals surface area contributed by atoms with Crippen LogP contribution in [0, 0.1) is 0 Å². The van der Waals surface area contributed by atoms with Crippen molar-refractivity contribution in [2.45, 2.75) is 136 Å². The van der Waals surface area contributed by atoms with Crippen LogP contribution in [0.1, 0.15) is 151 Å². The minimum atomic E-state index is -0.456. The van der Waals surface area contributed by atoms with E-state index >= 15 is 0 Å². The van der Waals surface area contributed by atoms with Crippen LogP contribution >= 0.6 is 0 Å². The van der Waals surface area contributed by atoms with E-state index in [0.29, 0.717) is 30.1 Å². The molecule has 0 fully saturated rings. The molecule has 0 heterocycles. The van der Waals surface area contributed by atoms with Crippen LogP contribution in [-0.4, -0.2) is 37.9 Å². The summed E-state index contributed by atoms with van der Waals surface area (Å²) < 4.78 is 22.6. The summed E-state index contributed by atoms with van der Waals surface area (Å²) >= 11 is 0. The zero-order chi connectivity index (χ0) is 31.7. The summed E-state index contributed by atoms with van der Waals surface area (Å²) in [6.07, 6.45) is 20.7. The standard InChI is InChI=1S/C38H58O6/c1-4-6-8-9-10-11-12-13-14-18-30-42-35-25-21-34(22-26-35)38(40)44-36-27-23-33(24-28-36)37(39)43-31-19-15-16-20-32(3)41-29-17-7-5-2/h21-28,32H,4-20,29-31H2,1-3H3. The van der Waals surface area contributed by atoms with E-state index in [-0.39, 0.29) is 12.1 Å². The number of unbranched alkanes of at least 4 members (excludes halogenated alkanes) is 13. The molecule has 44 heavy (non-hydrogen) atoms. The third-order valence-corrected chi connectivity index (χ3v) is 7.80. The Bertz CT molecular complexity index is 1000. The minimum Gasteiger partial charge on any atom is -0.494 e. The van der Waals surface area contributed by atoms with Gasteiger partial charge in [0.15, 0.2) is 0 Å². The molecule has 0 aliphatic heterocycles. The molecule has 1 atom stereocenters. The molecule has 0 amide bonds. The lowest BCUT2D eigenvalue weighted by molar-refractivity contribution is 0.0477. The summed E-state index contributed by atoms with van der Waals surface area (Å²) in [4.78, 5) is 25.0. The Morgan fingerprint density at radius 2 is 1.02 bits per heavy atom. The SMILES string of the molecule is CCCCCCCCCCCCOc1ccc(C(=O)Oc2ccc(C(=O)OCCCCCC(C)OCCCCC)cc2)cc1. The van der Waals surface area contributed by atoms with Crippen molar-refractivity contribution in [1.82, 2.24) is 0 Å². The van der Waals surface area contributed by atoms with Gasteiger partial charge in [-0.1, -0.05) is 90.9 Å². The molecule has 246 valence electrons. The van der Waals surface area contributed by atoms with Gasteiger partial charge in [-0.25, -0.2) is 9.59 Å². The maximum atomic E-state index is 12.6. The van der Waals surface area contributed by atoms with Gasteiger partial charge in [0.25, 0.3) is 0 Å². The first-order chi connectivity index (χ1) is 21.5. The van der Waals surface area contributed by atoms with E-state index in [9.17, 15) is 9.59 Å². The van der Waals surface area contributed by atoms with Gasteiger partial charge in [-0.3, -0.25) is 0 Å². The van der Waals surface area contributed by atoms with Gasteiger partial charge in [0.05, 0.1) is 30.4 Å². The predicted molar refractivity (Wildman–Crippen MR) is 179 cm³/mol. The molecule has 0 saturated carbocycles. The van der Waals surface area contributed by atoms with Gasteiger partial charge in [-0.2, -0.15) is 0 Å². The molecule has 0 spiro atoms. The number of carbonyl (C=O) groups is 2. The van der Waals surface area contributed by atoms with E-state index in [4.69, 9.17) is 18.9 Å². The molecule has 0 saturated heterocycles. The lowest BCUT2D eigenvalue weighted by atomic mass is 10.1.